The molecule has 0 heterocycles. The van der Waals surface area contributed by atoms with Crippen molar-refractivity contribution in [3.8, 4) is 5.75 Å². The minimum Gasteiger partial charge on any atom is -0.497 e. The fraction of sp³-hybridized carbons (Fsp3) is 0.278. The second-order valence-corrected chi connectivity index (χ2v) is 5.66. The third kappa shape index (κ3) is 3.11. The van der Waals surface area contributed by atoms with Gasteiger partial charge in [-0.2, -0.15) is 0 Å². The minimum absolute atomic E-state index is 0.0417. The lowest BCUT2D eigenvalue weighted by Crippen LogP contribution is -2.35. The van der Waals surface area contributed by atoms with Gasteiger partial charge in [-0.25, -0.2) is 4.39 Å². The molecule has 4 heteroatoms. The third-order valence-corrected chi connectivity index (χ3v) is 4.05. The second-order valence-electron chi connectivity index (χ2n) is 5.66. The number of hydrogen-bond donors (Lipinski definition) is 1. The van der Waals surface area contributed by atoms with Gasteiger partial charge in [0.15, 0.2) is 0 Å². The van der Waals surface area contributed by atoms with Crippen molar-refractivity contribution in [2.45, 2.75) is 24.8 Å². The molecule has 3 rings (SSSR count). The lowest BCUT2D eigenvalue weighted by atomic mass is 10.0. The van der Waals surface area contributed by atoms with Crippen LogP contribution in [0.1, 0.15) is 24.0 Å². The van der Waals surface area contributed by atoms with Crippen LogP contribution in [0, 0.1) is 5.82 Å². The molecule has 1 N–H and O–H groups in total. The van der Waals surface area contributed by atoms with Gasteiger partial charge in [0.2, 0.25) is 5.91 Å². The number of hydrogen-bond acceptors (Lipinski definition) is 2. The predicted octanol–water partition coefficient (Wildman–Crippen LogP) is 3.18. The molecule has 1 aliphatic rings. The Hall–Kier alpha value is -2.36. The molecule has 0 bridgehead atoms. The van der Waals surface area contributed by atoms with E-state index in [1.807, 2.05) is 24.3 Å². The van der Waals surface area contributed by atoms with Crippen LogP contribution in [0.25, 0.3) is 0 Å². The first-order valence-electron chi connectivity index (χ1n) is 7.31. The average Bonchev–Trinajstić information content (AvgIpc) is 3.30. The van der Waals surface area contributed by atoms with Crippen molar-refractivity contribution >= 4 is 5.91 Å². The molecule has 0 atom stereocenters. The fourth-order valence-corrected chi connectivity index (χ4v) is 2.62. The van der Waals surface area contributed by atoms with Crippen LogP contribution in [0.2, 0.25) is 0 Å². The van der Waals surface area contributed by atoms with Crippen molar-refractivity contribution in [3.63, 3.8) is 0 Å². The maximum Gasteiger partial charge on any atom is 0.225 e. The van der Waals surface area contributed by atoms with Crippen molar-refractivity contribution < 1.29 is 13.9 Å². The Bertz CT molecular complexity index is 660. The molecule has 1 fully saturated rings. The Morgan fingerprint density at radius 1 is 1.14 bits per heavy atom. The van der Waals surface area contributed by atoms with Crippen LogP contribution in [0.15, 0.2) is 48.5 Å². The lowest BCUT2D eigenvalue weighted by molar-refractivity contribution is -0.121. The summed E-state index contributed by atoms with van der Waals surface area (Å²) in [6, 6.07) is 13.8. The molecule has 0 spiro atoms. The van der Waals surface area contributed by atoms with Crippen LogP contribution in [0.5, 0.6) is 5.75 Å². The molecule has 114 valence electrons. The summed E-state index contributed by atoms with van der Waals surface area (Å²) in [7, 11) is 1.63. The van der Waals surface area contributed by atoms with Crippen LogP contribution in [-0.2, 0) is 16.8 Å². The van der Waals surface area contributed by atoms with Gasteiger partial charge in [-0.15, -0.1) is 0 Å². The van der Waals surface area contributed by atoms with Gasteiger partial charge in [0, 0.05) is 0 Å². The Morgan fingerprint density at radius 3 is 2.32 bits per heavy atom. The molecule has 2 aromatic carbocycles. The number of ether oxygens (including phenoxy) is 1. The number of nitrogens with one attached hydrogen (secondary N) is 1. The third-order valence-electron chi connectivity index (χ3n) is 4.05. The van der Waals surface area contributed by atoms with Crippen molar-refractivity contribution in [2.24, 2.45) is 0 Å². The summed E-state index contributed by atoms with van der Waals surface area (Å²) in [5.41, 5.74) is 1.66. The highest BCUT2D eigenvalue weighted by Gasteiger charge is 2.45. The molecule has 3 nitrogen and oxygen atoms in total. The molecular weight excluding hydrogens is 281 g/mol. The Kier molecular flexibility index (Phi) is 3.84. The number of benzene rings is 2. The van der Waals surface area contributed by atoms with E-state index in [0.717, 1.165) is 29.7 Å². The monoisotopic (exact) mass is 299 g/mol. The van der Waals surface area contributed by atoms with Gasteiger partial charge in [0.05, 0.1) is 19.1 Å². The lowest BCUT2D eigenvalue weighted by Gasteiger charge is -2.18. The van der Waals surface area contributed by atoms with Crippen molar-refractivity contribution in [1.29, 1.82) is 0 Å². The van der Waals surface area contributed by atoms with Crippen LogP contribution in [0.4, 0.5) is 4.39 Å². The maximum absolute atomic E-state index is 12.9. The van der Waals surface area contributed by atoms with E-state index in [0.29, 0.717) is 0 Å². The Balaban J connectivity index is 1.66. The first-order chi connectivity index (χ1) is 10.6. The first kappa shape index (κ1) is 14.6. The van der Waals surface area contributed by atoms with E-state index in [1.165, 1.54) is 12.1 Å². The van der Waals surface area contributed by atoms with Crippen LogP contribution < -0.4 is 10.1 Å². The molecule has 0 aromatic heterocycles. The summed E-state index contributed by atoms with van der Waals surface area (Å²) < 4.78 is 18.0. The van der Waals surface area contributed by atoms with E-state index in [-0.39, 0.29) is 23.7 Å². The molecule has 0 aliphatic heterocycles. The summed E-state index contributed by atoms with van der Waals surface area (Å²) in [4.78, 5) is 12.2. The zero-order valence-electron chi connectivity index (χ0n) is 12.4. The molecule has 22 heavy (non-hydrogen) atoms. The Labute approximate surface area is 129 Å². The van der Waals surface area contributed by atoms with Crippen LogP contribution in [0.3, 0.4) is 0 Å². The summed E-state index contributed by atoms with van der Waals surface area (Å²) >= 11 is 0. The second kappa shape index (κ2) is 5.79. The largest absolute Gasteiger partial charge is 0.497 e. The van der Waals surface area contributed by atoms with Gasteiger partial charge >= 0.3 is 0 Å². The molecule has 0 radical (unpaired) electrons. The van der Waals surface area contributed by atoms with E-state index < -0.39 is 0 Å². The number of carbonyl (C=O) groups is 1. The molecule has 1 aliphatic carbocycles. The normalized spacial score (nSPS) is 15.2. The summed E-state index contributed by atoms with van der Waals surface area (Å²) in [6.45, 7) is 0. The molecular formula is C18H18FNO2. The number of halogens is 1. The fourth-order valence-electron chi connectivity index (χ4n) is 2.62. The maximum atomic E-state index is 12.9. The van der Waals surface area contributed by atoms with Gasteiger partial charge < -0.3 is 10.1 Å². The SMILES string of the molecule is COc1ccc(C2(NC(=O)Cc3ccc(F)cc3)CC2)cc1. The smallest absolute Gasteiger partial charge is 0.225 e. The van der Waals surface area contributed by atoms with Crippen molar-refractivity contribution in [2.75, 3.05) is 7.11 Å². The molecule has 1 saturated carbocycles. The zero-order chi connectivity index (χ0) is 15.6. The average molecular weight is 299 g/mol. The number of carbonyl (C=O) groups excluding carboxylic acids is 1. The highest BCUT2D eigenvalue weighted by molar-refractivity contribution is 5.80. The van der Waals surface area contributed by atoms with Gasteiger partial charge in [-0.05, 0) is 48.2 Å². The van der Waals surface area contributed by atoms with Crippen molar-refractivity contribution in [1.82, 2.24) is 5.32 Å². The quantitative estimate of drug-likeness (QED) is 0.921. The molecule has 2 aromatic rings. The molecule has 1 amide bonds. The van der Waals surface area contributed by atoms with Crippen LogP contribution >= 0.6 is 0 Å². The van der Waals surface area contributed by atoms with E-state index in [4.69, 9.17) is 4.74 Å². The number of methoxy groups -OCH3 is 1. The number of amides is 1. The highest BCUT2D eigenvalue weighted by Crippen LogP contribution is 2.45. The van der Waals surface area contributed by atoms with Crippen LogP contribution in [-0.4, -0.2) is 13.0 Å². The van der Waals surface area contributed by atoms with E-state index in [1.54, 1.807) is 19.2 Å². The zero-order valence-corrected chi connectivity index (χ0v) is 12.4. The summed E-state index contributed by atoms with van der Waals surface area (Å²) in [5, 5.41) is 3.11. The number of rotatable bonds is 5. The minimum atomic E-state index is -0.291. The first-order valence-corrected chi connectivity index (χ1v) is 7.31. The Morgan fingerprint density at radius 2 is 1.77 bits per heavy atom. The van der Waals surface area contributed by atoms with Gasteiger partial charge in [0.1, 0.15) is 11.6 Å². The summed E-state index contributed by atoms with van der Waals surface area (Å²) in [6.07, 6.45) is 2.14. The summed E-state index contributed by atoms with van der Waals surface area (Å²) in [5.74, 6) is 0.471. The topological polar surface area (TPSA) is 38.3 Å². The standard InChI is InChI=1S/C18H18FNO2/c1-22-16-8-4-14(5-9-16)18(10-11-18)20-17(21)12-13-2-6-15(19)7-3-13/h2-9H,10-12H2,1H3,(H,20,21). The van der Waals surface area contributed by atoms with Gasteiger partial charge in [-0.1, -0.05) is 24.3 Å². The van der Waals surface area contributed by atoms with Gasteiger partial charge in [-0.3, -0.25) is 4.79 Å². The van der Waals surface area contributed by atoms with Gasteiger partial charge in [0.25, 0.3) is 0 Å². The molecule has 0 unspecified atom stereocenters. The van der Waals surface area contributed by atoms with E-state index in [9.17, 15) is 9.18 Å². The highest BCUT2D eigenvalue weighted by atomic mass is 19.1. The van der Waals surface area contributed by atoms with E-state index in [2.05, 4.69) is 5.32 Å². The van der Waals surface area contributed by atoms with E-state index >= 15 is 0 Å². The van der Waals surface area contributed by atoms with Crippen molar-refractivity contribution in [3.05, 3.63) is 65.5 Å². The predicted molar refractivity (Wildman–Crippen MR) is 82.2 cm³/mol. The molecule has 0 saturated heterocycles.